The number of nitrogens with one attached hydrogen (secondary N) is 2. The van der Waals surface area contributed by atoms with E-state index in [1.165, 1.54) is 0 Å². The largest absolute Gasteiger partial charge is 0.457 e. The second kappa shape index (κ2) is 12.3. The lowest BCUT2D eigenvalue weighted by atomic mass is 9.87. The van der Waals surface area contributed by atoms with Gasteiger partial charge >= 0.3 is 6.03 Å². The Morgan fingerprint density at radius 2 is 1.59 bits per heavy atom. The molecule has 0 saturated carbocycles. The van der Waals surface area contributed by atoms with Gasteiger partial charge in [-0.05, 0) is 60.4 Å². The summed E-state index contributed by atoms with van der Waals surface area (Å²) in [5.74, 6) is 1.75. The smallest absolute Gasteiger partial charge is 0.324 e. The van der Waals surface area contributed by atoms with Crippen LogP contribution in [0.1, 0.15) is 63.5 Å². The van der Waals surface area contributed by atoms with Gasteiger partial charge in [0, 0.05) is 48.2 Å². The van der Waals surface area contributed by atoms with Crippen molar-refractivity contribution in [3.63, 3.8) is 0 Å². The monoisotopic (exact) mass is 555 g/mol. The van der Waals surface area contributed by atoms with Crippen LogP contribution in [0.3, 0.4) is 0 Å². The number of benzene rings is 2. The summed E-state index contributed by atoms with van der Waals surface area (Å²) in [5, 5.41) is 20.0. The van der Waals surface area contributed by atoms with Gasteiger partial charge in [-0.25, -0.2) is 9.48 Å². The van der Waals surface area contributed by atoms with E-state index >= 15 is 0 Å². The first-order valence-corrected chi connectivity index (χ1v) is 13.5. The fourth-order valence-corrected chi connectivity index (χ4v) is 3.95. The van der Waals surface area contributed by atoms with Crippen LogP contribution in [0.25, 0.3) is 5.69 Å². The van der Waals surface area contributed by atoms with Gasteiger partial charge in [-0.3, -0.25) is 15.1 Å². The molecule has 2 aromatic heterocycles. The number of nitrogens with zero attached hydrogens (tertiary/aromatic N) is 3. The first-order chi connectivity index (χ1) is 19.4. The molecule has 3 N–H and O–H groups in total. The fourth-order valence-electron chi connectivity index (χ4n) is 3.95. The van der Waals surface area contributed by atoms with Gasteiger partial charge in [-0.15, -0.1) is 0 Å². The Bertz CT molecular complexity index is 1490. The van der Waals surface area contributed by atoms with E-state index in [0.717, 1.165) is 5.69 Å². The summed E-state index contributed by atoms with van der Waals surface area (Å²) < 4.78 is 7.42. The highest BCUT2D eigenvalue weighted by molar-refractivity contribution is 5.99. The van der Waals surface area contributed by atoms with Crippen molar-refractivity contribution in [2.45, 2.75) is 52.9 Å². The maximum Gasteiger partial charge on any atom is 0.324 e. The number of hydrogen-bond acceptors (Lipinski definition) is 6. The number of hydrogen-bond donors (Lipinski definition) is 3. The Kier molecular flexibility index (Phi) is 8.88. The highest BCUT2D eigenvalue weighted by Crippen LogP contribution is 2.28. The number of Topliss-reactive ketones (excluding diaryl/α,β-unsaturated/α-hetero) is 1. The predicted molar refractivity (Wildman–Crippen MR) is 160 cm³/mol. The molecule has 0 aliphatic carbocycles. The molecule has 0 aliphatic rings. The summed E-state index contributed by atoms with van der Waals surface area (Å²) >= 11 is 0. The molecule has 0 unspecified atom stereocenters. The lowest BCUT2D eigenvalue weighted by Gasteiger charge is -2.20. The van der Waals surface area contributed by atoms with Crippen LogP contribution in [-0.2, 0) is 5.41 Å². The zero-order chi connectivity index (χ0) is 29.6. The van der Waals surface area contributed by atoms with E-state index in [1.807, 2.05) is 46.8 Å². The number of rotatable bonds is 10. The molecule has 0 bridgehead atoms. The van der Waals surface area contributed by atoms with Gasteiger partial charge in [0.25, 0.3) is 0 Å². The molecule has 214 valence electrons. The molecule has 0 radical (unpaired) electrons. The van der Waals surface area contributed by atoms with E-state index < -0.39 is 6.03 Å². The second-order valence-electron chi connectivity index (χ2n) is 11.8. The zero-order valence-corrected chi connectivity index (χ0v) is 24.1. The number of amides is 2. The van der Waals surface area contributed by atoms with Crippen LogP contribution >= 0.6 is 0 Å². The molecular weight excluding hydrogens is 518 g/mol. The van der Waals surface area contributed by atoms with Gasteiger partial charge in [0.05, 0.1) is 11.4 Å². The molecule has 0 saturated heterocycles. The molecule has 0 spiro atoms. The van der Waals surface area contributed by atoms with Crippen LogP contribution in [0.15, 0.2) is 79.1 Å². The first kappa shape index (κ1) is 29.5. The molecule has 4 rings (SSSR count). The minimum absolute atomic E-state index is 0.0137. The van der Waals surface area contributed by atoms with E-state index in [4.69, 9.17) is 9.84 Å². The third-order valence-electron chi connectivity index (χ3n) is 6.59. The summed E-state index contributed by atoms with van der Waals surface area (Å²) in [6.45, 7) is 10.0. The Balaban J connectivity index is 1.50. The Morgan fingerprint density at radius 1 is 0.902 bits per heavy atom. The van der Waals surface area contributed by atoms with E-state index in [9.17, 15) is 14.7 Å². The van der Waals surface area contributed by atoms with Crippen LogP contribution in [0, 0.1) is 5.41 Å². The van der Waals surface area contributed by atoms with Crippen LogP contribution in [-0.4, -0.2) is 38.3 Å². The lowest BCUT2D eigenvalue weighted by Crippen LogP contribution is -2.21. The van der Waals surface area contributed by atoms with Gasteiger partial charge in [-0.1, -0.05) is 46.8 Å². The van der Waals surface area contributed by atoms with Gasteiger partial charge < -0.3 is 15.2 Å². The molecule has 41 heavy (non-hydrogen) atoms. The Morgan fingerprint density at radius 3 is 2.24 bits per heavy atom. The van der Waals surface area contributed by atoms with Crippen LogP contribution in [0.2, 0.25) is 0 Å². The predicted octanol–water partition coefficient (Wildman–Crippen LogP) is 6.98. The van der Waals surface area contributed by atoms with Gasteiger partial charge in [0.15, 0.2) is 5.78 Å². The average molecular weight is 556 g/mol. The molecule has 0 atom stereocenters. The van der Waals surface area contributed by atoms with Crippen molar-refractivity contribution in [3.05, 3.63) is 90.4 Å². The van der Waals surface area contributed by atoms with Crippen molar-refractivity contribution in [2.75, 3.05) is 17.2 Å². The first-order valence-electron chi connectivity index (χ1n) is 13.5. The Labute approximate surface area is 240 Å². The summed E-state index contributed by atoms with van der Waals surface area (Å²) in [5.41, 5.74) is 1.98. The van der Waals surface area contributed by atoms with Crippen molar-refractivity contribution >= 4 is 23.3 Å². The minimum atomic E-state index is -0.437. The number of carbonyl (C=O) groups excluding carboxylic acids is 2. The maximum atomic E-state index is 13.0. The lowest BCUT2D eigenvalue weighted by molar-refractivity contribution is 0.0933. The normalized spacial score (nSPS) is 11.7. The molecule has 2 heterocycles. The quantitative estimate of drug-likeness (QED) is 0.182. The van der Waals surface area contributed by atoms with Crippen LogP contribution in [0.5, 0.6) is 11.5 Å². The van der Waals surface area contributed by atoms with Gasteiger partial charge in [0.1, 0.15) is 17.3 Å². The maximum absolute atomic E-state index is 13.0. The summed E-state index contributed by atoms with van der Waals surface area (Å²) in [6.07, 6.45) is 4.20. The average Bonchev–Trinajstić information content (AvgIpc) is 3.38. The molecular formula is C32H37N5O4. The van der Waals surface area contributed by atoms with Gasteiger partial charge in [0.2, 0.25) is 0 Å². The molecule has 4 aromatic rings. The molecule has 9 nitrogen and oxygen atoms in total. The number of aromatic nitrogens is 3. The SMILES string of the molecule is CC(C)(CO)CCC(=O)c1cccc(-n2nc(C(C)(C)C)cc2NC(=O)Nc2ccc(Oc3ccncc3)cc2)c1. The van der Waals surface area contributed by atoms with Crippen LogP contribution in [0.4, 0.5) is 16.3 Å². The zero-order valence-electron chi connectivity index (χ0n) is 24.1. The summed E-state index contributed by atoms with van der Waals surface area (Å²) in [4.78, 5) is 29.9. The van der Waals surface area contributed by atoms with Crippen molar-refractivity contribution in [2.24, 2.45) is 5.41 Å². The van der Waals surface area contributed by atoms with Crippen molar-refractivity contribution in [3.8, 4) is 17.2 Å². The van der Waals surface area contributed by atoms with E-state index in [1.54, 1.807) is 71.7 Å². The van der Waals surface area contributed by atoms with Crippen molar-refractivity contribution < 1.29 is 19.4 Å². The Hall–Kier alpha value is -4.50. The number of aliphatic hydroxyl groups excluding tert-OH is 1. The van der Waals surface area contributed by atoms with E-state index in [0.29, 0.717) is 47.1 Å². The van der Waals surface area contributed by atoms with Crippen molar-refractivity contribution in [1.29, 1.82) is 0 Å². The third-order valence-corrected chi connectivity index (χ3v) is 6.59. The summed E-state index contributed by atoms with van der Waals surface area (Å²) in [6, 6.07) is 19.2. The minimum Gasteiger partial charge on any atom is -0.457 e. The standard InChI is InChI=1S/C32H37N5O4/c1-31(2,3)28-20-29(35-30(40)34-23-9-11-25(12-10-23)41-26-14-17-33-18-15-26)37(36-28)24-8-6-7-22(19-24)27(39)13-16-32(4,5)21-38/h6-12,14-15,17-20,38H,13,16,21H2,1-5H3,(H2,34,35,40). The van der Waals surface area contributed by atoms with E-state index in [2.05, 4.69) is 15.6 Å². The second-order valence-corrected chi connectivity index (χ2v) is 11.8. The van der Waals surface area contributed by atoms with Crippen molar-refractivity contribution in [1.82, 2.24) is 14.8 Å². The number of aliphatic hydroxyl groups is 1. The highest BCUT2D eigenvalue weighted by atomic mass is 16.5. The number of ketones is 1. The topological polar surface area (TPSA) is 118 Å². The molecule has 2 aromatic carbocycles. The molecule has 2 amide bonds. The third kappa shape index (κ3) is 8.02. The number of anilines is 2. The number of carbonyl (C=O) groups is 2. The fraction of sp³-hybridized carbons (Fsp3) is 0.312. The number of urea groups is 1. The highest BCUT2D eigenvalue weighted by Gasteiger charge is 2.23. The molecule has 0 aliphatic heterocycles. The van der Waals surface area contributed by atoms with E-state index in [-0.39, 0.29) is 23.2 Å². The summed E-state index contributed by atoms with van der Waals surface area (Å²) in [7, 11) is 0. The molecule has 9 heteroatoms. The van der Waals surface area contributed by atoms with Gasteiger partial charge in [-0.2, -0.15) is 5.10 Å². The van der Waals surface area contributed by atoms with Crippen LogP contribution < -0.4 is 15.4 Å². The number of ether oxygens (including phenoxy) is 1. The number of pyridine rings is 1. The molecule has 0 fully saturated rings.